The van der Waals surface area contributed by atoms with Crippen molar-refractivity contribution < 1.29 is 22.9 Å². The SMILES string of the molecule is C=CCN(Cc1cccn1Cc1cccc(C(F)(F)F)c1)C(=O)c1ccc(Cl)c([N+](=O)[O-])c1. The molecule has 33 heavy (non-hydrogen) atoms. The van der Waals surface area contributed by atoms with Gasteiger partial charge in [0.2, 0.25) is 0 Å². The molecule has 0 aliphatic heterocycles. The van der Waals surface area contributed by atoms with Gasteiger partial charge in [0.15, 0.2) is 0 Å². The first-order valence-electron chi connectivity index (χ1n) is 9.74. The lowest BCUT2D eigenvalue weighted by Gasteiger charge is -2.22. The van der Waals surface area contributed by atoms with Crippen molar-refractivity contribution in [3.63, 3.8) is 0 Å². The van der Waals surface area contributed by atoms with E-state index in [-0.39, 0.29) is 35.9 Å². The minimum Gasteiger partial charge on any atom is -0.345 e. The molecule has 0 aliphatic carbocycles. The third-order valence-electron chi connectivity index (χ3n) is 4.91. The zero-order valence-corrected chi connectivity index (χ0v) is 18.0. The number of hydrogen-bond acceptors (Lipinski definition) is 3. The molecule has 0 fully saturated rings. The number of amides is 1. The van der Waals surface area contributed by atoms with Crippen LogP contribution in [0.25, 0.3) is 0 Å². The fourth-order valence-electron chi connectivity index (χ4n) is 3.33. The van der Waals surface area contributed by atoms with Crippen molar-refractivity contribution in [3.05, 3.63) is 111 Å². The second-order valence-corrected chi connectivity index (χ2v) is 7.63. The molecule has 3 rings (SSSR count). The van der Waals surface area contributed by atoms with E-state index in [1.54, 1.807) is 29.0 Å². The number of aromatic nitrogens is 1. The number of rotatable bonds is 8. The lowest BCUT2D eigenvalue weighted by molar-refractivity contribution is -0.384. The smallest absolute Gasteiger partial charge is 0.345 e. The third kappa shape index (κ3) is 5.81. The van der Waals surface area contributed by atoms with Crippen LogP contribution in [-0.4, -0.2) is 26.8 Å². The Kier molecular flexibility index (Phi) is 7.23. The summed E-state index contributed by atoms with van der Waals surface area (Å²) in [6, 6.07) is 12.3. The number of halogens is 4. The highest BCUT2D eigenvalue weighted by molar-refractivity contribution is 6.32. The number of hydrogen-bond donors (Lipinski definition) is 0. The number of alkyl halides is 3. The van der Waals surface area contributed by atoms with Crippen LogP contribution in [0.2, 0.25) is 5.02 Å². The van der Waals surface area contributed by atoms with Crippen LogP contribution in [0.1, 0.15) is 27.2 Å². The summed E-state index contributed by atoms with van der Waals surface area (Å²) >= 11 is 5.83. The largest absolute Gasteiger partial charge is 0.416 e. The first-order valence-corrected chi connectivity index (χ1v) is 10.1. The summed E-state index contributed by atoms with van der Waals surface area (Å²) in [7, 11) is 0. The molecule has 0 unspecified atom stereocenters. The van der Waals surface area contributed by atoms with Crippen molar-refractivity contribution in [1.29, 1.82) is 0 Å². The highest BCUT2D eigenvalue weighted by Crippen LogP contribution is 2.30. The molecule has 0 spiro atoms. The summed E-state index contributed by atoms with van der Waals surface area (Å²) < 4.78 is 40.8. The molecule has 2 aromatic carbocycles. The molecule has 1 aromatic heterocycles. The summed E-state index contributed by atoms with van der Waals surface area (Å²) in [4.78, 5) is 25.0. The number of carbonyl (C=O) groups excluding carboxylic acids is 1. The van der Waals surface area contributed by atoms with E-state index in [4.69, 9.17) is 11.6 Å². The zero-order chi connectivity index (χ0) is 24.2. The summed E-state index contributed by atoms with van der Waals surface area (Å²) in [5, 5.41) is 11.1. The molecule has 0 saturated carbocycles. The predicted octanol–water partition coefficient (Wildman–Crippen LogP) is 5.95. The summed E-state index contributed by atoms with van der Waals surface area (Å²) in [5.74, 6) is -0.471. The van der Waals surface area contributed by atoms with Gasteiger partial charge in [-0.05, 0) is 42.0 Å². The molecule has 0 aliphatic rings. The molecular formula is C23H19ClF3N3O3. The number of nitrogens with zero attached hydrogens (tertiary/aromatic N) is 3. The highest BCUT2D eigenvalue weighted by Gasteiger charge is 2.30. The van der Waals surface area contributed by atoms with E-state index in [0.29, 0.717) is 11.3 Å². The molecule has 172 valence electrons. The van der Waals surface area contributed by atoms with Gasteiger partial charge >= 0.3 is 6.18 Å². The molecule has 1 heterocycles. The molecule has 0 saturated heterocycles. The first kappa shape index (κ1) is 24.1. The van der Waals surface area contributed by atoms with Crippen molar-refractivity contribution >= 4 is 23.2 Å². The van der Waals surface area contributed by atoms with Crippen molar-refractivity contribution in [3.8, 4) is 0 Å². The second-order valence-electron chi connectivity index (χ2n) is 7.22. The van der Waals surface area contributed by atoms with Crippen LogP contribution in [-0.2, 0) is 19.3 Å². The van der Waals surface area contributed by atoms with Gasteiger partial charge in [-0.3, -0.25) is 14.9 Å². The summed E-state index contributed by atoms with van der Waals surface area (Å²) in [5.41, 5.74) is 0.0997. The fourth-order valence-corrected chi connectivity index (χ4v) is 3.52. The Labute approximate surface area is 192 Å². The Balaban J connectivity index is 1.84. The maximum atomic E-state index is 13.0. The molecule has 0 radical (unpaired) electrons. The Morgan fingerprint density at radius 2 is 1.94 bits per heavy atom. The Morgan fingerprint density at radius 1 is 1.18 bits per heavy atom. The number of carbonyl (C=O) groups is 1. The van der Waals surface area contributed by atoms with Crippen molar-refractivity contribution in [2.45, 2.75) is 19.3 Å². The molecule has 3 aromatic rings. The minimum absolute atomic E-state index is 0.0817. The van der Waals surface area contributed by atoms with E-state index < -0.39 is 22.6 Å². The van der Waals surface area contributed by atoms with Gasteiger partial charge in [0, 0.05) is 36.6 Å². The highest BCUT2D eigenvalue weighted by atomic mass is 35.5. The molecule has 6 nitrogen and oxygen atoms in total. The normalized spacial score (nSPS) is 11.3. The van der Waals surface area contributed by atoms with Crippen LogP contribution >= 0.6 is 11.6 Å². The quantitative estimate of drug-likeness (QED) is 0.229. The Bertz CT molecular complexity index is 1190. The van der Waals surface area contributed by atoms with Crippen LogP contribution in [0.15, 0.2) is 73.4 Å². The van der Waals surface area contributed by atoms with E-state index in [1.165, 1.54) is 29.2 Å². The van der Waals surface area contributed by atoms with Crippen LogP contribution in [0, 0.1) is 10.1 Å². The van der Waals surface area contributed by atoms with Crippen molar-refractivity contribution in [2.75, 3.05) is 6.54 Å². The fraction of sp³-hybridized carbons (Fsp3) is 0.174. The molecule has 0 bridgehead atoms. The molecular weight excluding hydrogens is 459 g/mol. The molecule has 0 atom stereocenters. The van der Waals surface area contributed by atoms with Gasteiger partial charge in [0.1, 0.15) is 5.02 Å². The topological polar surface area (TPSA) is 68.4 Å². The Hall–Kier alpha value is -3.59. The van der Waals surface area contributed by atoms with Crippen molar-refractivity contribution in [2.24, 2.45) is 0 Å². The van der Waals surface area contributed by atoms with Gasteiger partial charge in [-0.15, -0.1) is 6.58 Å². The van der Waals surface area contributed by atoms with E-state index in [1.807, 2.05) is 0 Å². The van der Waals surface area contributed by atoms with Gasteiger partial charge in [0.25, 0.3) is 11.6 Å². The predicted molar refractivity (Wildman–Crippen MR) is 118 cm³/mol. The minimum atomic E-state index is -4.44. The lowest BCUT2D eigenvalue weighted by atomic mass is 10.1. The third-order valence-corrected chi connectivity index (χ3v) is 5.23. The number of benzene rings is 2. The maximum Gasteiger partial charge on any atom is 0.416 e. The van der Waals surface area contributed by atoms with Crippen LogP contribution in [0.4, 0.5) is 18.9 Å². The van der Waals surface area contributed by atoms with Crippen LogP contribution in [0.3, 0.4) is 0 Å². The van der Waals surface area contributed by atoms with Gasteiger partial charge in [-0.1, -0.05) is 29.8 Å². The summed E-state index contributed by atoms with van der Waals surface area (Å²) in [6.45, 7) is 4.10. The average molecular weight is 478 g/mol. The number of nitro groups is 1. The standard InChI is InChI=1S/C23H19ClF3N3O3/c1-2-10-29(22(31)17-8-9-20(24)21(13-17)30(32)33)15-19-7-4-11-28(19)14-16-5-3-6-18(12-16)23(25,26)27/h2-9,11-13H,1,10,14-15H2. The molecule has 10 heteroatoms. The van der Waals surface area contributed by atoms with Gasteiger partial charge in [-0.2, -0.15) is 13.2 Å². The van der Waals surface area contributed by atoms with E-state index in [2.05, 4.69) is 6.58 Å². The number of nitro benzene ring substituents is 1. The van der Waals surface area contributed by atoms with E-state index in [9.17, 15) is 28.1 Å². The monoisotopic (exact) mass is 477 g/mol. The molecule has 1 amide bonds. The van der Waals surface area contributed by atoms with Crippen LogP contribution in [0.5, 0.6) is 0 Å². The van der Waals surface area contributed by atoms with E-state index in [0.717, 1.165) is 18.2 Å². The average Bonchev–Trinajstić information content (AvgIpc) is 3.19. The van der Waals surface area contributed by atoms with Gasteiger partial charge in [-0.25, -0.2) is 0 Å². The van der Waals surface area contributed by atoms with Gasteiger partial charge < -0.3 is 9.47 Å². The maximum absolute atomic E-state index is 13.0. The first-order chi connectivity index (χ1) is 15.6. The second kappa shape index (κ2) is 9.91. The van der Waals surface area contributed by atoms with Crippen molar-refractivity contribution in [1.82, 2.24) is 9.47 Å². The zero-order valence-electron chi connectivity index (χ0n) is 17.3. The Morgan fingerprint density at radius 3 is 2.61 bits per heavy atom. The summed E-state index contributed by atoms with van der Waals surface area (Å²) in [6.07, 6.45) is -1.22. The van der Waals surface area contributed by atoms with Gasteiger partial charge in [0.05, 0.1) is 17.0 Å². The van der Waals surface area contributed by atoms with Crippen LogP contribution < -0.4 is 0 Å². The van der Waals surface area contributed by atoms with E-state index >= 15 is 0 Å². The molecule has 0 N–H and O–H groups in total. The lowest BCUT2D eigenvalue weighted by Crippen LogP contribution is -2.31.